The molecule has 2 aliphatic heterocycles. The molecular weight excluding hydrogens is 318 g/mol. The monoisotopic (exact) mass is 341 g/mol. The number of ether oxygens (including phenoxy) is 2. The van der Waals surface area contributed by atoms with Crippen LogP contribution < -0.4 is 14.4 Å². The van der Waals surface area contributed by atoms with Crippen molar-refractivity contribution in [2.75, 3.05) is 27.9 Å². The van der Waals surface area contributed by atoms with Crippen molar-refractivity contribution in [3.05, 3.63) is 52.6 Å². The molecule has 1 atom stereocenters. The fourth-order valence-corrected chi connectivity index (χ4v) is 4.18. The number of benzene rings is 2. The van der Waals surface area contributed by atoms with Crippen molar-refractivity contribution in [3.8, 4) is 17.2 Å². The predicted octanol–water partition coefficient (Wildman–Crippen LogP) is 3.30. The van der Waals surface area contributed by atoms with Crippen LogP contribution in [0.1, 0.15) is 28.3 Å². The van der Waals surface area contributed by atoms with Crippen LogP contribution in [0.5, 0.6) is 17.2 Å². The minimum atomic E-state index is 0.292. The van der Waals surface area contributed by atoms with Gasteiger partial charge in [-0.2, -0.15) is 4.89 Å². The zero-order valence-electron chi connectivity index (χ0n) is 14.9. The van der Waals surface area contributed by atoms with E-state index >= 15 is 0 Å². The van der Waals surface area contributed by atoms with Gasteiger partial charge in [0.2, 0.25) is 0 Å². The first-order valence-electron chi connectivity index (χ1n) is 8.56. The van der Waals surface area contributed by atoms with Gasteiger partial charge in [0, 0.05) is 30.3 Å². The number of fused-ring (bicyclic) bond motifs is 4. The summed E-state index contributed by atoms with van der Waals surface area (Å²) in [6, 6.07) is 10.7. The summed E-state index contributed by atoms with van der Waals surface area (Å²) < 4.78 is 11.1. The van der Waals surface area contributed by atoms with Crippen LogP contribution >= 0.6 is 0 Å². The normalized spacial score (nSPS) is 18.8. The maximum atomic E-state index is 5.65. The minimum absolute atomic E-state index is 0.292. The van der Waals surface area contributed by atoms with Crippen LogP contribution in [-0.2, 0) is 24.3 Å². The third kappa shape index (κ3) is 2.64. The Hall–Kier alpha value is -2.24. The molecule has 0 aliphatic carbocycles. The lowest BCUT2D eigenvalue weighted by atomic mass is 9.83. The average molecular weight is 341 g/mol. The van der Waals surface area contributed by atoms with Crippen LogP contribution in [0, 0.1) is 0 Å². The fourth-order valence-electron chi connectivity index (χ4n) is 4.18. The summed E-state index contributed by atoms with van der Waals surface area (Å²) in [5.41, 5.74) is 5.13. The van der Waals surface area contributed by atoms with Gasteiger partial charge in [0.15, 0.2) is 17.2 Å². The van der Waals surface area contributed by atoms with Gasteiger partial charge in [-0.25, -0.2) is 0 Å². The molecule has 2 heterocycles. The summed E-state index contributed by atoms with van der Waals surface area (Å²) >= 11 is 0. The topological polar surface area (TPSA) is 40.2 Å². The molecule has 25 heavy (non-hydrogen) atoms. The Labute approximate surface area is 148 Å². The second kappa shape index (κ2) is 6.58. The first-order chi connectivity index (χ1) is 12.3. The van der Waals surface area contributed by atoms with Gasteiger partial charge in [-0.15, -0.1) is 0 Å². The number of hydrogen-bond acceptors (Lipinski definition) is 5. The van der Waals surface area contributed by atoms with E-state index in [1.54, 1.807) is 21.3 Å². The first kappa shape index (κ1) is 16.2. The molecule has 4 rings (SSSR count). The smallest absolute Gasteiger partial charge is 0.170 e. The lowest BCUT2D eigenvalue weighted by Crippen LogP contribution is -2.39. The fraction of sp³-hybridized carbons (Fsp3) is 0.400. The van der Waals surface area contributed by atoms with Gasteiger partial charge >= 0.3 is 0 Å². The van der Waals surface area contributed by atoms with Crippen molar-refractivity contribution in [1.29, 1.82) is 0 Å². The van der Waals surface area contributed by atoms with Crippen molar-refractivity contribution >= 4 is 0 Å². The second-order valence-corrected chi connectivity index (χ2v) is 6.46. The summed E-state index contributed by atoms with van der Waals surface area (Å²) in [6.45, 7) is 1.87. The largest absolute Gasteiger partial charge is 0.493 e. The molecule has 2 aliphatic rings. The quantitative estimate of drug-likeness (QED) is 0.630. The maximum absolute atomic E-state index is 5.65. The Morgan fingerprint density at radius 3 is 2.60 bits per heavy atom. The van der Waals surface area contributed by atoms with Gasteiger partial charge in [0.25, 0.3) is 0 Å². The van der Waals surface area contributed by atoms with E-state index in [-0.39, 0.29) is 0 Å². The average Bonchev–Trinajstić information content (AvgIpc) is 2.65. The van der Waals surface area contributed by atoms with Crippen molar-refractivity contribution in [1.82, 2.24) is 4.90 Å². The Bertz CT molecular complexity index is 790. The molecule has 5 nitrogen and oxygen atoms in total. The van der Waals surface area contributed by atoms with E-state index in [0.29, 0.717) is 6.04 Å². The summed E-state index contributed by atoms with van der Waals surface area (Å²) in [7, 11) is 4.94. The molecule has 2 aromatic rings. The van der Waals surface area contributed by atoms with E-state index in [1.165, 1.54) is 22.3 Å². The van der Waals surface area contributed by atoms with Crippen molar-refractivity contribution in [3.63, 3.8) is 0 Å². The van der Waals surface area contributed by atoms with Crippen molar-refractivity contribution in [2.24, 2.45) is 0 Å². The molecule has 0 bridgehead atoms. The number of rotatable bonds is 4. The SMILES string of the molecule is COOc1cccc2c1C1Cc3ccc(OC)c(OC)c3CN1CC2. The van der Waals surface area contributed by atoms with Gasteiger partial charge in [-0.05, 0) is 36.1 Å². The number of hydrogen-bond donors (Lipinski definition) is 0. The lowest BCUT2D eigenvalue weighted by molar-refractivity contribution is -0.179. The van der Waals surface area contributed by atoms with E-state index in [9.17, 15) is 0 Å². The molecule has 132 valence electrons. The molecule has 0 amide bonds. The maximum Gasteiger partial charge on any atom is 0.170 e. The highest BCUT2D eigenvalue weighted by Crippen LogP contribution is 2.45. The second-order valence-electron chi connectivity index (χ2n) is 6.46. The number of methoxy groups -OCH3 is 2. The van der Waals surface area contributed by atoms with E-state index in [1.807, 2.05) is 18.2 Å². The molecule has 0 spiro atoms. The zero-order valence-corrected chi connectivity index (χ0v) is 14.9. The van der Waals surface area contributed by atoms with Crippen LogP contribution in [0.15, 0.2) is 30.3 Å². The molecule has 0 radical (unpaired) electrons. The Morgan fingerprint density at radius 1 is 0.960 bits per heavy atom. The third-order valence-electron chi connectivity index (χ3n) is 5.29. The summed E-state index contributed by atoms with van der Waals surface area (Å²) in [5, 5.41) is 0. The number of nitrogens with zero attached hydrogens (tertiary/aromatic N) is 1. The van der Waals surface area contributed by atoms with Crippen LogP contribution in [0.2, 0.25) is 0 Å². The highest BCUT2D eigenvalue weighted by Gasteiger charge is 2.36. The molecule has 2 aromatic carbocycles. The van der Waals surface area contributed by atoms with E-state index in [0.717, 1.165) is 43.2 Å². The summed E-state index contributed by atoms with van der Waals surface area (Å²) in [4.78, 5) is 12.9. The first-order valence-corrected chi connectivity index (χ1v) is 8.56. The molecule has 5 heteroatoms. The molecule has 0 N–H and O–H groups in total. The van der Waals surface area contributed by atoms with Gasteiger partial charge in [-0.3, -0.25) is 4.90 Å². The van der Waals surface area contributed by atoms with Gasteiger partial charge in [0.05, 0.1) is 21.3 Å². The van der Waals surface area contributed by atoms with Crippen molar-refractivity contribution < 1.29 is 19.2 Å². The molecule has 1 unspecified atom stereocenters. The van der Waals surface area contributed by atoms with Crippen LogP contribution in [0.3, 0.4) is 0 Å². The van der Waals surface area contributed by atoms with Gasteiger partial charge < -0.3 is 14.4 Å². The third-order valence-corrected chi connectivity index (χ3v) is 5.29. The van der Waals surface area contributed by atoms with Crippen LogP contribution in [-0.4, -0.2) is 32.8 Å². The summed E-state index contributed by atoms with van der Waals surface area (Å²) in [6.07, 6.45) is 1.93. The molecule has 0 aromatic heterocycles. The van der Waals surface area contributed by atoms with Crippen LogP contribution in [0.25, 0.3) is 0 Å². The standard InChI is InChI=1S/C20H23NO4/c1-22-18-8-7-14-11-16-19-13(5-4-6-17(19)25-24-3)9-10-21(16)12-15(14)20(18)23-2/h4-8,16H,9-12H2,1-3H3. The highest BCUT2D eigenvalue weighted by molar-refractivity contribution is 5.54. The molecular formula is C20H23NO4. The minimum Gasteiger partial charge on any atom is -0.493 e. The molecule has 0 saturated heterocycles. The van der Waals surface area contributed by atoms with Gasteiger partial charge in [-0.1, -0.05) is 18.2 Å². The Kier molecular flexibility index (Phi) is 4.27. The van der Waals surface area contributed by atoms with Gasteiger partial charge in [0.1, 0.15) is 0 Å². The van der Waals surface area contributed by atoms with E-state index < -0.39 is 0 Å². The van der Waals surface area contributed by atoms with E-state index in [2.05, 4.69) is 17.0 Å². The highest BCUT2D eigenvalue weighted by atomic mass is 17.2. The summed E-state index contributed by atoms with van der Waals surface area (Å²) in [5.74, 6) is 2.46. The Morgan fingerprint density at radius 2 is 1.84 bits per heavy atom. The van der Waals surface area contributed by atoms with Crippen molar-refractivity contribution in [2.45, 2.75) is 25.4 Å². The molecule has 0 saturated carbocycles. The van der Waals surface area contributed by atoms with E-state index in [4.69, 9.17) is 19.2 Å². The lowest BCUT2D eigenvalue weighted by Gasteiger charge is -2.42. The van der Waals surface area contributed by atoms with Crippen LogP contribution in [0.4, 0.5) is 0 Å². The predicted molar refractivity (Wildman–Crippen MR) is 94.2 cm³/mol. The zero-order chi connectivity index (χ0) is 17.4. The molecule has 0 fully saturated rings. The Balaban J connectivity index is 1.78.